The molecule has 5 heteroatoms. The quantitative estimate of drug-likeness (QED) is 0.826. The fourth-order valence-corrected chi connectivity index (χ4v) is 2.13. The maximum absolute atomic E-state index is 11.9. The summed E-state index contributed by atoms with van der Waals surface area (Å²) >= 11 is 5.88. The minimum atomic E-state index is -0.147. The van der Waals surface area contributed by atoms with Crippen molar-refractivity contribution in [1.82, 2.24) is 5.32 Å². The number of ether oxygens (including phenoxy) is 1. The SMILES string of the molecule is Nc1ccc(C(=O)NCC2CCCCO2)cc1Cl. The van der Waals surface area contributed by atoms with Crippen LogP contribution in [0, 0.1) is 0 Å². The van der Waals surface area contributed by atoms with Crippen LogP contribution in [0.4, 0.5) is 5.69 Å². The fourth-order valence-electron chi connectivity index (χ4n) is 1.95. The molecule has 98 valence electrons. The number of halogens is 1. The number of nitrogen functional groups attached to an aromatic ring is 1. The molecule has 1 aliphatic rings. The highest BCUT2D eigenvalue weighted by Gasteiger charge is 2.15. The highest BCUT2D eigenvalue weighted by Crippen LogP contribution is 2.19. The monoisotopic (exact) mass is 268 g/mol. The summed E-state index contributed by atoms with van der Waals surface area (Å²) in [5.41, 5.74) is 6.59. The Hall–Kier alpha value is -1.26. The van der Waals surface area contributed by atoms with Crippen LogP contribution in [0.5, 0.6) is 0 Å². The molecule has 0 aromatic heterocycles. The second kappa shape index (κ2) is 6.07. The zero-order chi connectivity index (χ0) is 13.0. The lowest BCUT2D eigenvalue weighted by molar-refractivity contribution is 0.0169. The second-order valence-electron chi connectivity index (χ2n) is 4.43. The Bertz CT molecular complexity index is 431. The van der Waals surface area contributed by atoms with Gasteiger partial charge in [-0.1, -0.05) is 11.6 Å². The molecule has 0 aliphatic carbocycles. The zero-order valence-corrected chi connectivity index (χ0v) is 10.9. The molecule has 0 spiro atoms. The highest BCUT2D eigenvalue weighted by molar-refractivity contribution is 6.33. The number of anilines is 1. The molecule has 1 heterocycles. The van der Waals surface area contributed by atoms with Crippen molar-refractivity contribution in [3.8, 4) is 0 Å². The van der Waals surface area contributed by atoms with Crippen molar-refractivity contribution in [3.05, 3.63) is 28.8 Å². The number of amides is 1. The average Bonchev–Trinajstić information content (AvgIpc) is 2.40. The van der Waals surface area contributed by atoms with Gasteiger partial charge in [0.1, 0.15) is 0 Å². The fraction of sp³-hybridized carbons (Fsp3) is 0.462. The van der Waals surface area contributed by atoms with Gasteiger partial charge >= 0.3 is 0 Å². The predicted molar refractivity (Wildman–Crippen MR) is 71.8 cm³/mol. The largest absolute Gasteiger partial charge is 0.398 e. The third-order valence-electron chi connectivity index (χ3n) is 3.03. The summed E-state index contributed by atoms with van der Waals surface area (Å²) in [5, 5.41) is 3.25. The topological polar surface area (TPSA) is 64.4 Å². The summed E-state index contributed by atoms with van der Waals surface area (Å²) in [7, 11) is 0. The van der Waals surface area contributed by atoms with Crippen molar-refractivity contribution < 1.29 is 9.53 Å². The number of hydrogen-bond donors (Lipinski definition) is 2. The average molecular weight is 269 g/mol. The van der Waals surface area contributed by atoms with Crippen LogP contribution in [0.3, 0.4) is 0 Å². The molecule has 18 heavy (non-hydrogen) atoms. The van der Waals surface area contributed by atoms with Gasteiger partial charge in [0.05, 0.1) is 16.8 Å². The molecule has 1 atom stereocenters. The zero-order valence-electron chi connectivity index (χ0n) is 10.1. The predicted octanol–water partition coefficient (Wildman–Crippen LogP) is 2.22. The summed E-state index contributed by atoms with van der Waals surface area (Å²) in [6.07, 6.45) is 3.40. The molecular weight excluding hydrogens is 252 g/mol. The van der Waals surface area contributed by atoms with Gasteiger partial charge in [-0.2, -0.15) is 0 Å². The minimum absolute atomic E-state index is 0.131. The van der Waals surface area contributed by atoms with Crippen LogP contribution >= 0.6 is 11.6 Å². The van der Waals surface area contributed by atoms with Crippen molar-refractivity contribution in [3.63, 3.8) is 0 Å². The summed E-state index contributed by atoms with van der Waals surface area (Å²) in [4.78, 5) is 11.9. The first-order valence-corrected chi connectivity index (χ1v) is 6.49. The molecule has 4 nitrogen and oxygen atoms in total. The molecule has 2 rings (SSSR count). The summed E-state index contributed by atoms with van der Waals surface area (Å²) in [6, 6.07) is 4.88. The van der Waals surface area contributed by atoms with Crippen LogP contribution in [0.2, 0.25) is 5.02 Å². The van der Waals surface area contributed by atoms with E-state index in [1.807, 2.05) is 0 Å². The van der Waals surface area contributed by atoms with E-state index in [1.165, 1.54) is 0 Å². The van der Waals surface area contributed by atoms with Crippen molar-refractivity contribution >= 4 is 23.2 Å². The van der Waals surface area contributed by atoms with Gasteiger partial charge in [-0.3, -0.25) is 4.79 Å². The molecule has 0 radical (unpaired) electrons. The molecule has 3 N–H and O–H groups in total. The van der Waals surface area contributed by atoms with Gasteiger partial charge < -0.3 is 15.8 Å². The Morgan fingerprint density at radius 1 is 1.50 bits per heavy atom. The normalized spacial score (nSPS) is 19.5. The molecule has 1 amide bonds. The molecule has 1 aromatic rings. The first-order chi connectivity index (χ1) is 8.66. The van der Waals surface area contributed by atoms with Gasteiger partial charge in [0.25, 0.3) is 5.91 Å². The van der Waals surface area contributed by atoms with E-state index in [0.717, 1.165) is 25.9 Å². The molecule has 0 saturated carbocycles. The van der Waals surface area contributed by atoms with Gasteiger partial charge in [0, 0.05) is 18.7 Å². The van der Waals surface area contributed by atoms with Gasteiger partial charge in [0.15, 0.2) is 0 Å². The Kier molecular flexibility index (Phi) is 4.44. The summed E-state index contributed by atoms with van der Waals surface area (Å²) in [5.74, 6) is -0.147. The first kappa shape index (κ1) is 13.2. The number of benzene rings is 1. The van der Waals surface area contributed by atoms with Gasteiger partial charge in [-0.05, 0) is 37.5 Å². The Morgan fingerprint density at radius 2 is 2.33 bits per heavy atom. The second-order valence-corrected chi connectivity index (χ2v) is 4.84. The van der Waals surface area contributed by atoms with Gasteiger partial charge in [-0.25, -0.2) is 0 Å². The molecule has 1 saturated heterocycles. The number of nitrogens with two attached hydrogens (primary N) is 1. The van der Waals surface area contributed by atoms with E-state index >= 15 is 0 Å². The van der Waals surface area contributed by atoms with E-state index in [0.29, 0.717) is 22.8 Å². The van der Waals surface area contributed by atoms with Crippen LogP contribution in [-0.2, 0) is 4.74 Å². The number of carbonyl (C=O) groups excluding carboxylic acids is 1. The maximum Gasteiger partial charge on any atom is 0.251 e. The van der Waals surface area contributed by atoms with Crippen LogP contribution in [0.25, 0.3) is 0 Å². The molecule has 1 aromatic carbocycles. The Morgan fingerprint density at radius 3 is 3.00 bits per heavy atom. The Balaban J connectivity index is 1.88. The lowest BCUT2D eigenvalue weighted by atomic mass is 10.1. The number of carbonyl (C=O) groups is 1. The van der Waals surface area contributed by atoms with Crippen LogP contribution in [0.1, 0.15) is 29.6 Å². The number of hydrogen-bond acceptors (Lipinski definition) is 3. The maximum atomic E-state index is 11.9. The highest BCUT2D eigenvalue weighted by atomic mass is 35.5. The van der Waals surface area contributed by atoms with Crippen LogP contribution in [0.15, 0.2) is 18.2 Å². The summed E-state index contributed by atoms with van der Waals surface area (Å²) in [6.45, 7) is 1.33. The van der Waals surface area contributed by atoms with E-state index in [2.05, 4.69) is 5.32 Å². The van der Waals surface area contributed by atoms with E-state index in [4.69, 9.17) is 22.1 Å². The lowest BCUT2D eigenvalue weighted by Gasteiger charge is -2.22. The molecule has 1 fully saturated rings. The standard InChI is InChI=1S/C13H17ClN2O2/c14-11-7-9(4-5-12(11)15)13(17)16-8-10-3-1-2-6-18-10/h4-5,7,10H,1-3,6,8,15H2,(H,16,17). The van der Waals surface area contributed by atoms with Gasteiger partial charge in [-0.15, -0.1) is 0 Å². The number of rotatable bonds is 3. The van der Waals surface area contributed by atoms with E-state index < -0.39 is 0 Å². The van der Waals surface area contributed by atoms with E-state index in [-0.39, 0.29) is 12.0 Å². The number of nitrogens with one attached hydrogen (secondary N) is 1. The summed E-state index contributed by atoms with van der Waals surface area (Å²) < 4.78 is 5.55. The van der Waals surface area contributed by atoms with Crippen LogP contribution in [-0.4, -0.2) is 25.2 Å². The minimum Gasteiger partial charge on any atom is -0.398 e. The van der Waals surface area contributed by atoms with Crippen molar-refractivity contribution in [1.29, 1.82) is 0 Å². The van der Waals surface area contributed by atoms with E-state index in [1.54, 1.807) is 18.2 Å². The molecule has 1 aliphatic heterocycles. The molecular formula is C13H17ClN2O2. The van der Waals surface area contributed by atoms with Crippen LogP contribution < -0.4 is 11.1 Å². The van der Waals surface area contributed by atoms with Crippen molar-refractivity contribution in [2.24, 2.45) is 0 Å². The van der Waals surface area contributed by atoms with Crippen molar-refractivity contribution in [2.75, 3.05) is 18.9 Å². The third kappa shape index (κ3) is 3.37. The van der Waals surface area contributed by atoms with E-state index in [9.17, 15) is 4.79 Å². The molecule has 1 unspecified atom stereocenters. The Labute approximate surface area is 111 Å². The lowest BCUT2D eigenvalue weighted by Crippen LogP contribution is -2.35. The van der Waals surface area contributed by atoms with Gasteiger partial charge in [0.2, 0.25) is 0 Å². The third-order valence-corrected chi connectivity index (χ3v) is 3.35. The molecule has 0 bridgehead atoms. The first-order valence-electron chi connectivity index (χ1n) is 6.11. The smallest absolute Gasteiger partial charge is 0.251 e. The van der Waals surface area contributed by atoms with Crippen molar-refractivity contribution in [2.45, 2.75) is 25.4 Å².